The number of halogens is 2. The van der Waals surface area contributed by atoms with Crippen molar-refractivity contribution in [1.82, 2.24) is 29.9 Å². The Morgan fingerprint density at radius 1 is 1.03 bits per heavy atom. The fourth-order valence-corrected chi connectivity index (χ4v) is 4.05. The molecule has 0 bridgehead atoms. The SMILES string of the molecule is Cc1cnc2c(-c3ccc(Cl)cc3F)nc([C@H]3CCO[C@H](c4cnc(C)nc4)C3)nc2n1. The zero-order chi connectivity index (χ0) is 22.2. The number of fused-ring (bicyclic) bond motifs is 1. The van der Waals surface area contributed by atoms with Crippen LogP contribution in [0.3, 0.4) is 0 Å². The Bertz CT molecular complexity index is 1300. The van der Waals surface area contributed by atoms with Crippen molar-refractivity contribution >= 4 is 22.8 Å². The van der Waals surface area contributed by atoms with Gasteiger partial charge in [0.25, 0.3) is 0 Å². The van der Waals surface area contributed by atoms with Gasteiger partial charge in [-0.3, -0.25) is 0 Å². The molecule has 1 aromatic carbocycles. The van der Waals surface area contributed by atoms with Crippen LogP contribution in [0.2, 0.25) is 5.02 Å². The van der Waals surface area contributed by atoms with Crippen LogP contribution < -0.4 is 0 Å². The number of rotatable bonds is 3. The van der Waals surface area contributed by atoms with Gasteiger partial charge in [0.1, 0.15) is 28.7 Å². The minimum Gasteiger partial charge on any atom is -0.373 e. The second-order valence-corrected chi connectivity index (χ2v) is 8.32. The lowest BCUT2D eigenvalue weighted by Gasteiger charge is -2.29. The first-order valence-corrected chi connectivity index (χ1v) is 10.7. The third-order valence-electron chi connectivity index (χ3n) is 5.55. The molecule has 0 unspecified atom stereocenters. The predicted molar refractivity (Wildman–Crippen MR) is 118 cm³/mol. The highest BCUT2D eigenvalue weighted by Crippen LogP contribution is 2.37. The topological polar surface area (TPSA) is 86.6 Å². The van der Waals surface area contributed by atoms with Crippen molar-refractivity contribution in [1.29, 1.82) is 0 Å². The van der Waals surface area contributed by atoms with Crippen molar-refractivity contribution in [2.75, 3.05) is 6.61 Å². The van der Waals surface area contributed by atoms with E-state index in [1.807, 2.05) is 13.8 Å². The maximum Gasteiger partial charge on any atom is 0.182 e. The highest BCUT2D eigenvalue weighted by Gasteiger charge is 2.29. The molecule has 0 saturated carbocycles. The van der Waals surface area contributed by atoms with Gasteiger partial charge in [-0.05, 0) is 44.9 Å². The Labute approximate surface area is 189 Å². The van der Waals surface area contributed by atoms with Gasteiger partial charge in [-0.1, -0.05) is 11.6 Å². The Hall–Kier alpha value is -3.10. The van der Waals surface area contributed by atoms with Crippen molar-refractivity contribution < 1.29 is 9.13 Å². The number of ether oxygens (including phenoxy) is 1. The van der Waals surface area contributed by atoms with Crippen molar-refractivity contribution in [3.63, 3.8) is 0 Å². The second-order valence-electron chi connectivity index (χ2n) is 7.88. The molecule has 0 aliphatic carbocycles. The molecule has 1 aliphatic rings. The maximum absolute atomic E-state index is 14.8. The van der Waals surface area contributed by atoms with Gasteiger partial charge in [-0.2, -0.15) is 0 Å². The number of aromatic nitrogens is 6. The van der Waals surface area contributed by atoms with Gasteiger partial charge < -0.3 is 4.74 Å². The van der Waals surface area contributed by atoms with E-state index in [0.717, 1.165) is 17.7 Å². The number of hydrogen-bond acceptors (Lipinski definition) is 7. The molecule has 0 spiro atoms. The summed E-state index contributed by atoms with van der Waals surface area (Å²) in [5, 5.41) is 0.319. The molecule has 162 valence electrons. The summed E-state index contributed by atoms with van der Waals surface area (Å²) >= 11 is 5.96. The first-order chi connectivity index (χ1) is 15.5. The van der Waals surface area contributed by atoms with Gasteiger partial charge in [0.05, 0.1) is 11.8 Å². The molecule has 1 saturated heterocycles. The molecule has 4 heterocycles. The van der Waals surface area contributed by atoms with E-state index >= 15 is 0 Å². The first kappa shape index (κ1) is 20.8. The molecule has 0 amide bonds. The summed E-state index contributed by atoms with van der Waals surface area (Å²) in [4.78, 5) is 27.0. The lowest BCUT2D eigenvalue weighted by molar-refractivity contribution is 0.00360. The fourth-order valence-electron chi connectivity index (χ4n) is 3.89. The summed E-state index contributed by atoms with van der Waals surface area (Å²) in [6.45, 7) is 4.24. The van der Waals surface area contributed by atoms with Crippen LogP contribution in [0.4, 0.5) is 4.39 Å². The summed E-state index contributed by atoms with van der Waals surface area (Å²) in [6, 6.07) is 4.52. The Morgan fingerprint density at radius 2 is 1.84 bits per heavy atom. The van der Waals surface area contributed by atoms with E-state index in [1.165, 1.54) is 6.07 Å². The quantitative estimate of drug-likeness (QED) is 0.437. The van der Waals surface area contributed by atoms with E-state index in [2.05, 4.69) is 19.9 Å². The van der Waals surface area contributed by atoms with Gasteiger partial charge in [0, 0.05) is 47.3 Å². The average molecular weight is 451 g/mol. The summed E-state index contributed by atoms with van der Waals surface area (Å²) in [5.41, 5.74) is 3.27. The molecule has 0 radical (unpaired) electrons. The Kier molecular flexibility index (Phi) is 5.48. The van der Waals surface area contributed by atoms with Gasteiger partial charge in [-0.15, -0.1) is 0 Å². The highest BCUT2D eigenvalue weighted by molar-refractivity contribution is 6.30. The van der Waals surface area contributed by atoms with E-state index in [0.29, 0.717) is 52.1 Å². The van der Waals surface area contributed by atoms with Crippen molar-refractivity contribution in [3.8, 4) is 11.3 Å². The number of hydrogen-bond donors (Lipinski definition) is 0. The molecule has 5 rings (SSSR count). The molecule has 9 heteroatoms. The summed E-state index contributed by atoms with van der Waals surface area (Å²) in [6.07, 6.45) is 6.47. The Balaban J connectivity index is 1.58. The molecule has 1 aliphatic heterocycles. The molecule has 4 aromatic rings. The smallest absolute Gasteiger partial charge is 0.182 e. The van der Waals surface area contributed by atoms with Crippen LogP contribution in [0, 0.1) is 19.7 Å². The number of aryl methyl sites for hydroxylation is 2. The molecule has 7 nitrogen and oxygen atoms in total. The van der Waals surface area contributed by atoms with Gasteiger partial charge in [0.15, 0.2) is 5.65 Å². The molecular formula is C23H20ClFN6O. The fraction of sp³-hybridized carbons (Fsp3) is 0.304. The molecule has 0 N–H and O–H groups in total. The van der Waals surface area contributed by atoms with Gasteiger partial charge in [-0.25, -0.2) is 34.3 Å². The van der Waals surface area contributed by atoms with Crippen LogP contribution in [0.1, 0.15) is 47.8 Å². The second kappa shape index (κ2) is 8.44. The molecule has 32 heavy (non-hydrogen) atoms. The highest BCUT2D eigenvalue weighted by atomic mass is 35.5. The Morgan fingerprint density at radius 3 is 2.62 bits per heavy atom. The third kappa shape index (κ3) is 4.03. The third-order valence-corrected chi connectivity index (χ3v) is 5.79. The van der Waals surface area contributed by atoms with Crippen molar-refractivity contribution in [2.45, 2.75) is 38.7 Å². The van der Waals surface area contributed by atoms with E-state index in [9.17, 15) is 4.39 Å². The monoisotopic (exact) mass is 450 g/mol. The minimum absolute atomic E-state index is 0.0101. The van der Waals surface area contributed by atoms with Gasteiger partial charge in [0.2, 0.25) is 0 Å². The summed E-state index contributed by atoms with van der Waals surface area (Å²) in [5.74, 6) is 0.856. The summed E-state index contributed by atoms with van der Waals surface area (Å²) in [7, 11) is 0. The lowest BCUT2D eigenvalue weighted by Crippen LogP contribution is -2.21. The lowest BCUT2D eigenvalue weighted by atomic mass is 9.92. The van der Waals surface area contributed by atoms with E-state index < -0.39 is 5.82 Å². The zero-order valence-corrected chi connectivity index (χ0v) is 18.3. The average Bonchev–Trinajstić information content (AvgIpc) is 2.79. The van der Waals surface area contributed by atoms with Crippen LogP contribution in [-0.2, 0) is 4.74 Å². The van der Waals surface area contributed by atoms with Crippen LogP contribution in [0.25, 0.3) is 22.4 Å². The molecule has 2 atom stereocenters. The van der Waals surface area contributed by atoms with E-state index in [4.69, 9.17) is 26.3 Å². The van der Waals surface area contributed by atoms with Crippen molar-refractivity contribution in [2.24, 2.45) is 0 Å². The zero-order valence-electron chi connectivity index (χ0n) is 17.6. The maximum atomic E-state index is 14.8. The summed E-state index contributed by atoms with van der Waals surface area (Å²) < 4.78 is 20.8. The largest absolute Gasteiger partial charge is 0.373 e. The normalized spacial score (nSPS) is 18.8. The van der Waals surface area contributed by atoms with Crippen LogP contribution in [0.5, 0.6) is 0 Å². The number of benzene rings is 1. The van der Waals surface area contributed by atoms with Gasteiger partial charge >= 0.3 is 0 Å². The van der Waals surface area contributed by atoms with E-state index in [1.54, 1.807) is 30.7 Å². The van der Waals surface area contributed by atoms with Crippen molar-refractivity contribution in [3.05, 3.63) is 70.5 Å². The first-order valence-electron chi connectivity index (χ1n) is 10.3. The predicted octanol–water partition coefficient (Wildman–Crippen LogP) is 4.92. The minimum atomic E-state index is -0.465. The van der Waals surface area contributed by atoms with Crippen LogP contribution in [0.15, 0.2) is 36.8 Å². The standard InChI is InChI=1S/C23H20ClFN6O/c1-12-9-28-21-20(17-4-3-16(24)8-18(17)25)30-22(31-23(21)29-12)14-5-6-32-19(7-14)15-10-26-13(2)27-11-15/h3-4,8-11,14,19H,5-7H2,1-2H3/t14-,19-/m0/s1. The molecule has 3 aromatic heterocycles. The molecular weight excluding hydrogens is 431 g/mol. The van der Waals surface area contributed by atoms with Crippen LogP contribution >= 0.6 is 11.6 Å². The van der Waals surface area contributed by atoms with E-state index in [-0.39, 0.29) is 12.0 Å². The number of nitrogens with zero attached hydrogens (tertiary/aromatic N) is 6. The molecule has 1 fully saturated rings. The van der Waals surface area contributed by atoms with Crippen LogP contribution in [-0.4, -0.2) is 36.5 Å².